The van der Waals surface area contributed by atoms with Crippen LogP contribution in [-0.2, 0) is 27.3 Å². The molecule has 1 atom stereocenters. The molecule has 0 bridgehead atoms. The third-order valence-corrected chi connectivity index (χ3v) is 5.80. The van der Waals surface area contributed by atoms with E-state index < -0.39 is 6.04 Å². The number of ether oxygens (including phenoxy) is 1. The molecule has 0 fully saturated rings. The minimum atomic E-state index is -0.814. The summed E-state index contributed by atoms with van der Waals surface area (Å²) in [6, 6.07) is 24.3. The monoisotopic (exact) mass is 490 g/mol. The molecule has 0 aromatic heterocycles. The molecule has 0 spiro atoms. The van der Waals surface area contributed by atoms with E-state index in [0.717, 1.165) is 16.7 Å². The fourth-order valence-electron chi connectivity index (χ4n) is 3.96. The van der Waals surface area contributed by atoms with Gasteiger partial charge in [0.15, 0.2) is 0 Å². The van der Waals surface area contributed by atoms with Crippen LogP contribution >= 0.6 is 0 Å². The third-order valence-electron chi connectivity index (χ3n) is 5.80. The highest BCUT2D eigenvalue weighted by Crippen LogP contribution is 2.25. The molecule has 3 aromatic rings. The first-order valence-electron chi connectivity index (χ1n) is 12.5. The van der Waals surface area contributed by atoms with Gasteiger partial charge in [-0.1, -0.05) is 72.8 Å². The number of carbonyl (C=O) groups excluding carboxylic acids is 2. The molecule has 1 unspecified atom stereocenters. The molecule has 0 aliphatic rings. The third kappa shape index (κ3) is 8.61. The fraction of sp³-hybridized carbons (Fsp3) is 0.333. The number of aryl methyl sites for hydroxylation is 1. The van der Waals surface area contributed by atoms with Crippen LogP contribution in [0.25, 0.3) is 0 Å². The molecule has 2 amide bonds. The Bertz CT molecular complexity index is 1070. The molecule has 0 saturated heterocycles. The zero-order chi connectivity index (χ0) is 25.8. The Kier molecular flexibility index (Phi) is 10.6. The lowest BCUT2D eigenvalue weighted by Crippen LogP contribution is -2.44. The van der Waals surface area contributed by atoms with Crippen LogP contribution in [0.3, 0.4) is 0 Å². The van der Waals surface area contributed by atoms with Gasteiger partial charge in [-0.05, 0) is 55.5 Å². The van der Waals surface area contributed by atoms with E-state index in [1.165, 1.54) is 12.1 Å². The summed E-state index contributed by atoms with van der Waals surface area (Å²) < 4.78 is 19.1. The Hall–Kier alpha value is -3.51. The maximum atomic E-state index is 13.6. The van der Waals surface area contributed by atoms with E-state index in [4.69, 9.17) is 4.74 Å². The number of carbonyl (C=O) groups is 2. The fourth-order valence-corrected chi connectivity index (χ4v) is 3.96. The van der Waals surface area contributed by atoms with Gasteiger partial charge in [-0.3, -0.25) is 9.59 Å². The lowest BCUT2D eigenvalue weighted by Gasteiger charge is -2.32. The van der Waals surface area contributed by atoms with Crippen molar-refractivity contribution in [3.63, 3.8) is 0 Å². The first-order valence-corrected chi connectivity index (χ1v) is 12.5. The molecule has 190 valence electrons. The Balaban J connectivity index is 1.83. The Morgan fingerprint density at radius 2 is 1.53 bits per heavy atom. The lowest BCUT2D eigenvalue weighted by atomic mass is 10.0. The first-order chi connectivity index (χ1) is 17.4. The molecular weight excluding hydrogens is 455 g/mol. The van der Waals surface area contributed by atoms with Crippen molar-refractivity contribution in [3.8, 4) is 0 Å². The number of hydrogen-bond acceptors (Lipinski definition) is 3. The van der Waals surface area contributed by atoms with E-state index in [9.17, 15) is 14.0 Å². The van der Waals surface area contributed by atoms with Crippen LogP contribution in [0.4, 0.5) is 4.39 Å². The number of rotatable bonds is 13. The van der Waals surface area contributed by atoms with Gasteiger partial charge >= 0.3 is 0 Å². The quantitative estimate of drug-likeness (QED) is 0.324. The maximum absolute atomic E-state index is 13.6. The van der Waals surface area contributed by atoms with Gasteiger partial charge in [-0.15, -0.1) is 0 Å². The largest absolute Gasteiger partial charge is 0.379 e. The normalized spacial score (nSPS) is 11.8. The lowest BCUT2D eigenvalue weighted by molar-refractivity contribution is -0.141. The minimum Gasteiger partial charge on any atom is -0.379 e. The second-order valence-electron chi connectivity index (χ2n) is 9.01. The van der Waals surface area contributed by atoms with Gasteiger partial charge in [0.2, 0.25) is 11.8 Å². The van der Waals surface area contributed by atoms with Gasteiger partial charge in [-0.2, -0.15) is 0 Å². The number of halogens is 1. The minimum absolute atomic E-state index is 0.131. The van der Waals surface area contributed by atoms with Crippen LogP contribution in [0.15, 0.2) is 84.9 Å². The van der Waals surface area contributed by atoms with Gasteiger partial charge in [0.25, 0.3) is 0 Å². The predicted octanol–water partition coefficient (Wildman–Crippen LogP) is 5.46. The van der Waals surface area contributed by atoms with Crippen LogP contribution in [0.1, 0.15) is 49.4 Å². The number of nitrogens with one attached hydrogen (secondary N) is 1. The highest BCUT2D eigenvalue weighted by atomic mass is 19.1. The topological polar surface area (TPSA) is 58.6 Å². The van der Waals surface area contributed by atoms with Crippen molar-refractivity contribution in [2.24, 2.45) is 0 Å². The first kappa shape index (κ1) is 27.1. The molecule has 0 saturated carbocycles. The average molecular weight is 491 g/mol. The van der Waals surface area contributed by atoms with E-state index >= 15 is 0 Å². The number of nitrogens with zero attached hydrogens (tertiary/aromatic N) is 1. The highest BCUT2D eigenvalue weighted by molar-refractivity contribution is 5.88. The molecule has 0 heterocycles. The Morgan fingerprint density at radius 3 is 2.17 bits per heavy atom. The summed E-state index contributed by atoms with van der Waals surface area (Å²) in [7, 11) is 0. The molecule has 0 aliphatic carbocycles. The SMILES string of the molecule is CC(C)OCCCNC(=O)C(c1ccccc1)N(Cc1ccc(F)cc1)C(=O)CCc1ccccc1. The standard InChI is InChI=1S/C30H35FN2O3/c1-23(2)36-21-9-20-32-30(35)29(26-12-7-4-8-13-26)33(22-25-14-17-27(31)18-15-25)28(34)19-16-24-10-5-3-6-11-24/h3-8,10-15,17-18,23,29H,9,16,19-22H2,1-2H3,(H,32,35). The average Bonchev–Trinajstić information content (AvgIpc) is 2.89. The summed E-state index contributed by atoms with van der Waals surface area (Å²) in [5.41, 5.74) is 2.53. The highest BCUT2D eigenvalue weighted by Gasteiger charge is 2.31. The van der Waals surface area contributed by atoms with Gasteiger partial charge in [0.05, 0.1) is 6.10 Å². The second-order valence-corrected chi connectivity index (χ2v) is 9.01. The molecule has 6 heteroatoms. The summed E-state index contributed by atoms with van der Waals surface area (Å²) in [4.78, 5) is 28.7. The molecule has 5 nitrogen and oxygen atoms in total. The van der Waals surface area contributed by atoms with Crippen molar-refractivity contribution < 1.29 is 18.7 Å². The van der Waals surface area contributed by atoms with Crippen LogP contribution < -0.4 is 5.32 Å². The molecule has 36 heavy (non-hydrogen) atoms. The summed E-state index contributed by atoms with van der Waals surface area (Å²) in [5.74, 6) is -0.738. The van der Waals surface area contributed by atoms with Crippen molar-refractivity contribution in [3.05, 3.63) is 107 Å². The zero-order valence-electron chi connectivity index (χ0n) is 21.0. The van der Waals surface area contributed by atoms with Crippen molar-refractivity contribution in [2.75, 3.05) is 13.2 Å². The van der Waals surface area contributed by atoms with Crippen LogP contribution in [0, 0.1) is 5.82 Å². The summed E-state index contributed by atoms with van der Waals surface area (Å²) in [6.45, 7) is 5.12. The maximum Gasteiger partial charge on any atom is 0.247 e. The molecule has 1 N–H and O–H groups in total. The smallest absolute Gasteiger partial charge is 0.247 e. The van der Waals surface area contributed by atoms with Gasteiger partial charge in [0.1, 0.15) is 11.9 Å². The van der Waals surface area contributed by atoms with Crippen LogP contribution in [-0.4, -0.2) is 36.0 Å². The van der Waals surface area contributed by atoms with Crippen LogP contribution in [0.2, 0.25) is 0 Å². The van der Waals surface area contributed by atoms with Crippen molar-refractivity contribution in [1.82, 2.24) is 10.2 Å². The van der Waals surface area contributed by atoms with Gasteiger partial charge < -0.3 is 15.0 Å². The molecule has 3 aromatic carbocycles. The van der Waals surface area contributed by atoms with Gasteiger partial charge in [0, 0.05) is 26.1 Å². The number of hydrogen-bond donors (Lipinski definition) is 1. The van der Waals surface area contributed by atoms with Crippen molar-refractivity contribution in [1.29, 1.82) is 0 Å². The van der Waals surface area contributed by atoms with E-state index in [-0.39, 0.29) is 36.7 Å². The Labute approximate surface area is 213 Å². The second kappa shape index (κ2) is 14.1. The molecule has 0 aliphatic heterocycles. The number of benzene rings is 3. The summed E-state index contributed by atoms with van der Waals surface area (Å²) in [5, 5.41) is 2.99. The predicted molar refractivity (Wildman–Crippen MR) is 140 cm³/mol. The molecule has 0 radical (unpaired) electrons. The van der Waals surface area contributed by atoms with Crippen molar-refractivity contribution in [2.45, 2.75) is 51.8 Å². The van der Waals surface area contributed by atoms with E-state index in [0.29, 0.717) is 26.0 Å². The van der Waals surface area contributed by atoms with E-state index in [2.05, 4.69) is 5.32 Å². The van der Waals surface area contributed by atoms with E-state index in [1.807, 2.05) is 74.5 Å². The molecule has 3 rings (SSSR count). The summed E-state index contributed by atoms with van der Waals surface area (Å²) >= 11 is 0. The van der Waals surface area contributed by atoms with Gasteiger partial charge in [-0.25, -0.2) is 4.39 Å². The number of amides is 2. The Morgan fingerprint density at radius 1 is 0.889 bits per heavy atom. The van der Waals surface area contributed by atoms with Crippen LogP contribution in [0.5, 0.6) is 0 Å². The van der Waals surface area contributed by atoms with Crippen molar-refractivity contribution >= 4 is 11.8 Å². The molecular formula is C30H35FN2O3. The zero-order valence-corrected chi connectivity index (χ0v) is 21.0. The summed E-state index contributed by atoms with van der Waals surface area (Å²) in [6.07, 6.45) is 1.62. The van der Waals surface area contributed by atoms with E-state index in [1.54, 1.807) is 17.0 Å².